The van der Waals surface area contributed by atoms with Crippen molar-refractivity contribution in [1.82, 2.24) is 0 Å². The molecule has 0 saturated carbocycles. The van der Waals surface area contributed by atoms with Gasteiger partial charge < -0.3 is 10.2 Å². The lowest BCUT2D eigenvalue weighted by Crippen LogP contribution is -2.59. The van der Waals surface area contributed by atoms with Gasteiger partial charge in [-0.3, -0.25) is 0 Å². The summed E-state index contributed by atoms with van der Waals surface area (Å²) in [5.41, 5.74) is -2.33. The second-order valence-corrected chi connectivity index (χ2v) is 5.41. The van der Waals surface area contributed by atoms with Crippen LogP contribution in [0.25, 0.3) is 0 Å². The standard InChI is InChI=1S/C12H26O2/c1-7-9-12(14,11(5,6)13)10(3,4)8-2/h13-14H,7-9H2,1-6H3. The van der Waals surface area contributed by atoms with Crippen molar-refractivity contribution in [3.63, 3.8) is 0 Å². The summed E-state index contributed by atoms with van der Waals surface area (Å²) in [7, 11) is 0. The van der Waals surface area contributed by atoms with Crippen LogP contribution in [0, 0.1) is 5.41 Å². The van der Waals surface area contributed by atoms with Crippen molar-refractivity contribution in [2.24, 2.45) is 5.41 Å². The smallest absolute Gasteiger partial charge is 0.0978 e. The molecule has 0 saturated heterocycles. The van der Waals surface area contributed by atoms with Gasteiger partial charge in [0.05, 0.1) is 11.2 Å². The molecule has 1 unspecified atom stereocenters. The van der Waals surface area contributed by atoms with E-state index in [1.165, 1.54) is 0 Å². The fraction of sp³-hybridized carbons (Fsp3) is 1.00. The Bertz CT molecular complexity index is 179. The first kappa shape index (κ1) is 13.9. The number of hydrogen-bond acceptors (Lipinski definition) is 2. The van der Waals surface area contributed by atoms with Crippen LogP contribution in [0.5, 0.6) is 0 Å². The van der Waals surface area contributed by atoms with Gasteiger partial charge >= 0.3 is 0 Å². The fourth-order valence-corrected chi connectivity index (χ4v) is 2.13. The van der Waals surface area contributed by atoms with Crippen LogP contribution in [0.3, 0.4) is 0 Å². The highest BCUT2D eigenvalue weighted by atomic mass is 16.4. The van der Waals surface area contributed by atoms with Gasteiger partial charge in [-0.1, -0.05) is 34.1 Å². The normalized spacial score (nSPS) is 18.0. The predicted octanol–water partition coefficient (Wildman–Crippen LogP) is 2.72. The number of rotatable bonds is 5. The van der Waals surface area contributed by atoms with Crippen LogP contribution in [0.4, 0.5) is 0 Å². The second kappa shape index (κ2) is 4.19. The Labute approximate surface area is 88.3 Å². The lowest BCUT2D eigenvalue weighted by Gasteiger charge is -2.49. The Morgan fingerprint density at radius 1 is 0.929 bits per heavy atom. The van der Waals surface area contributed by atoms with E-state index in [9.17, 15) is 10.2 Å². The van der Waals surface area contributed by atoms with E-state index in [-0.39, 0.29) is 5.41 Å². The summed E-state index contributed by atoms with van der Waals surface area (Å²) >= 11 is 0. The Kier molecular flexibility index (Phi) is 4.17. The molecule has 0 amide bonds. The van der Waals surface area contributed by atoms with Crippen LogP contribution in [0.1, 0.15) is 60.8 Å². The van der Waals surface area contributed by atoms with Crippen LogP contribution in [-0.4, -0.2) is 21.4 Å². The molecular weight excluding hydrogens is 176 g/mol. The van der Waals surface area contributed by atoms with Crippen molar-refractivity contribution >= 4 is 0 Å². The van der Waals surface area contributed by atoms with E-state index in [2.05, 4.69) is 0 Å². The SMILES string of the molecule is CCCC(O)(C(C)(C)O)C(C)(C)CC. The minimum absolute atomic E-state index is 0.263. The highest BCUT2D eigenvalue weighted by Crippen LogP contribution is 2.44. The minimum Gasteiger partial charge on any atom is -0.387 e. The van der Waals surface area contributed by atoms with Crippen LogP contribution in [-0.2, 0) is 0 Å². The summed E-state index contributed by atoms with van der Waals surface area (Å²) < 4.78 is 0. The molecule has 0 aromatic carbocycles. The molecule has 2 nitrogen and oxygen atoms in total. The van der Waals surface area contributed by atoms with Crippen LogP contribution in [0.15, 0.2) is 0 Å². The maximum atomic E-state index is 10.6. The highest BCUT2D eigenvalue weighted by molar-refractivity contribution is 5.02. The summed E-state index contributed by atoms with van der Waals surface area (Å²) in [6.07, 6.45) is 2.37. The second-order valence-electron chi connectivity index (χ2n) is 5.41. The van der Waals surface area contributed by atoms with E-state index in [0.717, 1.165) is 12.8 Å². The fourth-order valence-electron chi connectivity index (χ4n) is 2.13. The maximum absolute atomic E-state index is 10.6. The molecule has 0 rings (SSSR count). The van der Waals surface area contributed by atoms with E-state index in [4.69, 9.17) is 0 Å². The summed E-state index contributed by atoms with van der Waals surface area (Å²) in [5, 5.41) is 20.7. The molecule has 0 aliphatic carbocycles. The average Bonchev–Trinajstić information content (AvgIpc) is 2.02. The Morgan fingerprint density at radius 3 is 1.57 bits per heavy atom. The van der Waals surface area contributed by atoms with Crippen LogP contribution >= 0.6 is 0 Å². The molecule has 2 N–H and O–H groups in total. The van der Waals surface area contributed by atoms with Crippen molar-refractivity contribution in [3.8, 4) is 0 Å². The molecule has 0 bridgehead atoms. The first-order valence-corrected chi connectivity index (χ1v) is 5.57. The topological polar surface area (TPSA) is 40.5 Å². The molecule has 0 aromatic heterocycles. The Morgan fingerprint density at radius 2 is 1.36 bits per heavy atom. The van der Waals surface area contributed by atoms with Gasteiger partial charge in [0.1, 0.15) is 0 Å². The largest absolute Gasteiger partial charge is 0.387 e. The molecule has 0 heterocycles. The van der Waals surface area contributed by atoms with Crippen LogP contribution in [0.2, 0.25) is 0 Å². The van der Waals surface area contributed by atoms with Gasteiger partial charge in [0.2, 0.25) is 0 Å². The van der Waals surface area contributed by atoms with E-state index >= 15 is 0 Å². The van der Waals surface area contributed by atoms with Gasteiger partial charge in [-0.15, -0.1) is 0 Å². The first-order chi connectivity index (χ1) is 6.12. The van der Waals surface area contributed by atoms with Gasteiger partial charge in [-0.2, -0.15) is 0 Å². The third-order valence-electron chi connectivity index (χ3n) is 3.63. The predicted molar refractivity (Wildman–Crippen MR) is 60.2 cm³/mol. The van der Waals surface area contributed by atoms with E-state index < -0.39 is 11.2 Å². The molecule has 86 valence electrons. The molecule has 0 aromatic rings. The zero-order chi connectivity index (χ0) is 11.6. The highest BCUT2D eigenvalue weighted by Gasteiger charge is 2.51. The summed E-state index contributed by atoms with van der Waals surface area (Å²) in [5.74, 6) is 0. The van der Waals surface area contributed by atoms with Gasteiger partial charge in [0.25, 0.3) is 0 Å². The molecule has 0 aliphatic rings. The third-order valence-corrected chi connectivity index (χ3v) is 3.63. The first-order valence-electron chi connectivity index (χ1n) is 5.57. The molecule has 0 fully saturated rings. The number of hydrogen-bond donors (Lipinski definition) is 2. The lowest BCUT2D eigenvalue weighted by molar-refractivity contribution is -0.197. The molecule has 0 radical (unpaired) electrons. The van der Waals surface area contributed by atoms with E-state index in [1.807, 2.05) is 27.7 Å². The number of aliphatic hydroxyl groups is 2. The van der Waals surface area contributed by atoms with Crippen molar-refractivity contribution in [3.05, 3.63) is 0 Å². The summed E-state index contributed by atoms with van der Waals surface area (Å²) in [6.45, 7) is 11.5. The Balaban J connectivity index is 5.10. The van der Waals surface area contributed by atoms with Crippen LogP contribution < -0.4 is 0 Å². The lowest BCUT2D eigenvalue weighted by atomic mass is 9.63. The maximum Gasteiger partial charge on any atom is 0.0978 e. The molecule has 0 aliphatic heterocycles. The van der Waals surface area contributed by atoms with E-state index in [1.54, 1.807) is 13.8 Å². The summed E-state index contributed by atoms with van der Waals surface area (Å²) in [6, 6.07) is 0. The van der Waals surface area contributed by atoms with Gasteiger partial charge in [-0.05, 0) is 32.1 Å². The average molecular weight is 202 g/mol. The molecule has 2 heteroatoms. The van der Waals surface area contributed by atoms with Gasteiger partial charge in [0.15, 0.2) is 0 Å². The van der Waals surface area contributed by atoms with E-state index in [0.29, 0.717) is 6.42 Å². The third kappa shape index (κ3) is 2.29. The van der Waals surface area contributed by atoms with Gasteiger partial charge in [-0.25, -0.2) is 0 Å². The van der Waals surface area contributed by atoms with Crippen molar-refractivity contribution in [1.29, 1.82) is 0 Å². The van der Waals surface area contributed by atoms with Crippen molar-refractivity contribution in [2.75, 3.05) is 0 Å². The Hall–Kier alpha value is -0.0800. The molecular formula is C12H26O2. The minimum atomic E-state index is -1.05. The monoisotopic (exact) mass is 202 g/mol. The zero-order valence-corrected chi connectivity index (χ0v) is 10.5. The molecule has 0 spiro atoms. The van der Waals surface area contributed by atoms with Crippen molar-refractivity contribution in [2.45, 2.75) is 72.0 Å². The quantitative estimate of drug-likeness (QED) is 0.719. The van der Waals surface area contributed by atoms with Crippen molar-refractivity contribution < 1.29 is 10.2 Å². The van der Waals surface area contributed by atoms with Gasteiger partial charge in [0, 0.05) is 0 Å². The molecule has 14 heavy (non-hydrogen) atoms. The zero-order valence-electron chi connectivity index (χ0n) is 10.5. The summed E-state index contributed by atoms with van der Waals surface area (Å²) in [4.78, 5) is 0. The molecule has 1 atom stereocenters.